The lowest BCUT2D eigenvalue weighted by Crippen LogP contribution is -2.36. The van der Waals surface area contributed by atoms with Crippen LogP contribution in [0.4, 0.5) is 0 Å². The highest BCUT2D eigenvalue weighted by Gasteiger charge is 2.61. The molecule has 1 heterocycles. The average Bonchev–Trinajstić information content (AvgIpc) is 3.28. The normalized spacial score (nSPS) is 23.5. The van der Waals surface area contributed by atoms with Crippen molar-refractivity contribution in [1.29, 1.82) is 0 Å². The number of fused-ring (bicyclic) bond motifs is 2. The standard InChI is InChI=1S/C21H24N2O2/c1-25-13-12-23(15-17-7-4-5-11-22-17)20(24)19-14-21(19)10-9-16-6-2-3-8-18(16)21/h2-8,11,19H,9-10,12-15H2,1H3. The predicted molar refractivity (Wildman–Crippen MR) is 96.1 cm³/mol. The third-order valence-electron chi connectivity index (χ3n) is 5.72. The Kier molecular flexibility index (Phi) is 4.30. The molecule has 1 fully saturated rings. The molecule has 2 unspecified atom stereocenters. The summed E-state index contributed by atoms with van der Waals surface area (Å²) in [4.78, 5) is 19.5. The number of nitrogens with zero attached hydrogens (tertiary/aromatic N) is 2. The first-order valence-electron chi connectivity index (χ1n) is 9.00. The highest BCUT2D eigenvalue weighted by molar-refractivity contribution is 5.85. The lowest BCUT2D eigenvalue weighted by Gasteiger charge is -2.23. The SMILES string of the molecule is COCCN(Cc1ccccn1)C(=O)C1CC12CCc1ccccc12. The van der Waals surface area contributed by atoms with Crippen LogP contribution >= 0.6 is 0 Å². The van der Waals surface area contributed by atoms with Crippen molar-refractivity contribution >= 4 is 5.91 Å². The molecule has 1 aromatic heterocycles. The maximum atomic E-state index is 13.2. The van der Waals surface area contributed by atoms with Gasteiger partial charge in [-0.15, -0.1) is 0 Å². The van der Waals surface area contributed by atoms with Crippen LogP contribution in [0.1, 0.15) is 29.7 Å². The van der Waals surface area contributed by atoms with Gasteiger partial charge in [0.2, 0.25) is 5.91 Å². The molecule has 1 saturated carbocycles. The van der Waals surface area contributed by atoms with Crippen LogP contribution in [-0.2, 0) is 27.9 Å². The van der Waals surface area contributed by atoms with Crippen LogP contribution in [0.2, 0.25) is 0 Å². The van der Waals surface area contributed by atoms with E-state index in [1.54, 1.807) is 13.3 Å². The summed E-state index contributed by atoms with van der Waals surface area (Å²) >= 11 is 0. The molecular weight excluding hydrogens is 312 g/mol. The third kappa shape index (κ3) is 2.95. The Balaban J connectivity index is 1.52. The fourth-order valence-electron chi connectivity index (χ4n) is 4.30. The first-order valence-corrected chi connectivity index (χ1v) is 9.00. The summed E-state index contributed by atoms with van der Waals surface area (Å²) in [5.41, 5.74) is 3.83. The van der Waals surface area contributed by atoms with Crippen molar-refractivity contribution in [3.8, 4) is 0 Å². The van der Waals surface area contributed by atoms with Crippen molar-refractivity contribution in [3.63, 3.8) is 0 Å². The van der Waals surface area contributed by atoms with E-state index in [-0.39, 0.29) is 17.2 Å². The minimum absolute atomic E-state index is 0.0864. The zero-order chi connectivity index (χ0) is 17.3. The third-order valence-corrected chi connectivity index (χ3v) is 5.72. The topological polar surface area (TPSA) is 42.4 Å². The van der Waals surface area contributed by atoms with Crippen molar-refractivity contribution in [3.05, 3.63) is 65.5 Å². The van der Waals surface area contributed by atoms with Crippen molar-refractivity contribution < 1.29 is 9.53 Å². The highest BCUT2D eigenvalue weighted by Crippen LogP contribution is 2.62. The van der Waals surface area contributed by atoms with E-state index >= 15 is 0 Å². The molecular formula is C21H24N2O2. The van der Waals surface area contributed by atoms with Crippen molar-refractivity contribution in [2.75, 3.05) is 20.3 Å². The first kappa shape index (κ1) is 16.3. The van der Waals surface area contributed by atoms with E-state index in [0.717, 1.165) is 25.0 Å². The zero-order valence-electron chi connectivity index (χ0n) is 14.6. The Labute approximate surface area is 148 Å². The van der Waals surface area contributed by atoms with Crippen LogP contribution in [0.15, 0.2) is 48.7 Å². The van der Waals surface area contributed by atoms with Crippen molar-refractivity contribution in [2.24, 2.45) is 5.92 Å². The van der Waals surface area contributed by atoms with Crippen molar-refractivity contribution in [1.82, 2.24) is 9.88 Å². The van der Waals surface area contributed by atoms with E-state index < -0.39 is 0 Å². The minimum atomic E-state index is 0.0864. The van der Waals surface area contributed by atoms with E-state index in [1.165, 1.54) is 11.1 Å². The van der Waals surface area contributed by atoms with Crippen LogP contribution in [0.25, 0.3) is 0 Å². The fraction of sp³-hybridized carbons (Fsp3) is 0.429. The molecule has 1 spiro atoms. The summed E-state index contributed by atoms with van der Waals surface area (Å²) in [7, 11) is 1.68. The molecule has 0 bridgehead atoms. The summed E-state index contributed by atoms with van der Waals surface area (Å²) in [5, 5.41) is 0. The quantitative estimate of drug-likeness (QED) is 0.814. The van der Waals surface area contributed by atoms with Gasteiger partial charge in [-0.1, -0.05) is 30.3 Å². The van der Waals surface area contributed by atoms with Gasteiger partial charge in [-0.25, -0.2) is 0 Å². The van der Waals surface area contributed by atoms with Gasteiger partial charge in [0.25, 0.3) is 0 Å². The first-order chi connectivity index (χ1) is 12.2. The summed E-state index contributed by atoms with van der Waals surface area (Å²) < 4.78 is 5.22. The second-order valence-electron chi connectivity index (χ2n) is 7.14. The lowest BCUT2D eigenvalue weighted by atomic mass is 9.95. The van der Waals surface area contributed by atoms with Crippen LogP contribution in [-0.4, -0.2) is 36.1 Å². The summed E-state index contributed by atoms with van der Waals surface area (Å²) in [6.07, 6.45) is 4.96. The van der Waals surface area contributed by atoms with Gasteiger partial charge in [-0.05, 0) is 42.5 Å². The van der Waals surface area contributed by atoms with Crippen LogP contribution < -0.4 is 0 Å². The largest absolute Gasteiger partial charge is 0.383 e. The molecule has 2 aromatic rings. The molecule has 0 saturated heterocycles. The van der Waals surface area contributed by atoms with Crippen LogP contribution in [0.5, 0.6) is 0 Å². The molecule has 4 heteroatoms. The van der Waals surface area contributed by atoms with Gasteiger partial charge >= 0.3 is 0 Å². The summed E-state index contributed by atoms with van der Waals surface area (Å²) in [6, 6.07) is 14.5. The number of methoxy groups -OCH3 is 1. The predicted octanol–water partition coefficient (Wildman–Crippen LogP) is 2.96. The van der Waals surface area contributed by atoms with Crippen LogP contribution in [0, 0.1) is 5.92 Å². The number of ether oxygens (including phenoxy) is 1. The maximum absolute atomic E-state index is 13.2. The number of rotatable bonds is 6. The zero-order valence-corrected chi connectivity index (χ0v) is 14.6. The van der Waals surface area contributed by atoms with E-state index in [0.29, 0.717) is 19.7 Å². The number of hydrogen-bond donors (Lipinski definition) is 0. The second-order valence-corrected chi connectivity index (χ2v) is 7.14. The van der Waals surface area contributed by atoms with E-state index in [4.69, 9.17) is 4.74 Å². The van der Waals surface area contributed by atoms with Gasteiger partial charge in [-0.2, -0.15) is 0 Å². The Morgan fingerprint density at radius 3 is 2.92 bits per heavy atom. The van der Waals surface area contributed by atoms with Crippen LogP contribution in [0.3, 0.4) is 0 Å². The summed E-state index contributed by atoms with van der Waals surface area (Å²) in [5.74, 6) is 0.358. The van der Waals surface area contributed by atoms with Crippen molar-refractivity contribution in [2.45, 2.75) is 31.2 Å². The van der Waals surface area contributed by atoms with Gasteiger partial charge in [0.05, 0.1) is 18.8 Å². The molecule has 2 atom stereocenters. The number of carbonyl (C=O) groups is 1. The highest BCUT2D eigenvalue weighted by atomic mass is 16.5. The molecule has 2 aliphatic rings. The minimum Gasteiger partial charge on any atom is -0.383 e. The Bertz CT molecular complexity index is 762. The molecule has 2 aliphatic carbocycles. The molecule has 130 valence electrons. The number of carbonyl (C=O) groups excluding carboxylic acids is 1. The molecule has 4 rings (SSSR count). The fourth-order valence-corrected chi connectivity index (χ4v) is 4.30. The molecule has 4 nitrogen and oxygen atoms in total. The molecule has 25 heavy (non-hydrogen) atoms. The van der Waals surface area contributed by atoms with E-state index in [2.05, 4.69) is 29.2 Å². The van der Waals surface area contributed by atoms with Gasteiger partial charge in [0.15, 0.2) is 0 Å². The lowest BCUT2D eigenvalue weighted by molar-refractivity contribution is -0.134. The monoisotopic (exact) mass is 336 g/mol. The number of aromatic nitrogens is 1. The number of benzene rings is 1. The number of hydrogen-bond acceptors (Lipinski definition) is 3. The molecule has 0 N–H and O–H groups in total. The number of aryl methyl sites for hydroxylation is 1. The Hall–Kier alpha value is -2.20. The maximum Gasteiger partial charge on any atom is 0.227 e. The molecule has 1 aromatic carbocycles. The molecule has 1 amide bonds. The number of pyridine rings is 1. The average molecular weight is 336 g/mol. The van der Waals surface area contributed by atoms with E-state index in [9.17, 15) is 4.79 Å². The summed E-state index contributed by atoms with van der Waals surface area (Å²) in [6.45, 7) is 1.71. The van der Waals surface area contributed by atoms with Gasteiger partial charge in [0, 0.05) is 31.2 Å². The second kappa shape index (κ2) is 6.60. The Morgan fingerprint density at radius 2 is 2.12 bits per heavy atom. The van der Waals surface area contributed by atoms with Gasteiger partial charge < -0.3 is 9.64 Å². The van der Waals surface area contributed by atoms with Gasteiger partial charge in [-0.3, -0.25) is 9.78 Å². The van der Waals surface area contributed by atoms with Gasteiger partial charge in [0.1, 0.15) is 0 Å². The smallest absolute Gasteiger partial charge is 0.227 e. The van der Waals surface area contributed by atoms with E-state index in [1.807, 2.05) is 23.1 Å². The Morgan fingerprint density at radius 1 is 1.28 bits per heavy atom. The molecule has 0 radical (unpaired) electrons. The number of amides is 1. The molecule has 0 aliphatic heterocycles.